The van der Waals surface area contributed by atoms with E-state index in [4.69, 9.17) is 56.8 Å². The molecule has 0 aliphatic carbocycles. The summed E-state index contributed by atoms with van der Waals surface area (Å²) >= 11 is 0. The van der Waals surface area contributed by atoms with Crippen molar-refractivity contribution in [2.75, 3.05) is 0 Å². The number of hydrogen-bond acceptors (Lipinski definition) is 12. The molecule has 6 rings (SSSR count). The lowest BCUT2D eigenvalue weighted by Gasteiger charge is -2.66. The maximum absolute atomic E-state index is 7.50. The Bertz CT molecular complexity index is 885. The van der Waals surface area contributed by atoms with Gasteiger partial charge in [0.1, 0.15) is 0 Å². The first kappa shape index (κ1) is 50.5. The van der Waals surface area contributed by atoms with Gasteiger partial charge in [-0.05, 0) is 51.4 Å². The summed E-state index contributed by atoms with van der Waals surface area (Å²) in [6.45, 7) is 17.4. The van der Waals surface area contributed by atoms with Crippen molar-refractivity contribution >= 4 is 0 Å². The van der Waals surface area contributed by atoms with Crippen LogP contribution in [-0.4, -0.2) is 47.8 Å². The fraction of sp³-hybridized carbons (Fsp3) is 1.00. The van der Waals surface area contributed by atoms with Crippen LogP contribution in [0.1, 0.15) is 261 Å². The second kappa shape index (κ2) is 23.1. The van der Waals surface area contributed by atoms with Crippen LogP contribution in [0.2, 0.25) is 0 Å². The number of hydrogen-bond donors (Lipinski definition) is 0. The van der Waals surface area contributed by atoms with Crippen LogP contribution in [-0.2, 0) is 56.8 Å². The largest absolute Gasteiger partial charge is 0.295 e. The highest BCUT2D eigenvalue weighted by molar-refractivity contribution is 4.90. The first-order valence-corrected chi connectivity index (χ1v) is 25.4. The fourth-order valence-corrected chi connectivity index (χ4v) is 9.30. The van der Waals surface area contributed by atoms with Crippen molar-refractivity contribution in [3.05, 3.63) is 0 Å². The van der Waals surface area contributed by atoms with Crippen molar-refractivity contribution in [3.8, 4) is 0 Å². The third-order valence-corrected chi connectivity index (χ3v) is 12.4. The van der Waals surface area contributed by atoms with E-state index in [1.54, 1.807) is 0 Å². The summed E-state index contributed by atoms with van der Waals surface area (Å²) < 4.78 is 90.0. The quantitative estimate of drug-likeness (QED) is 0.0601. The van der Waals surface area contributed by atoms with E-state index in [2.05, 4.69) is 55.4 Å². The molecule has 352 valence electrons. The Balaban J connectivity index is 1.88. The summed E-state index contributed by atoms with van der Waals surface area (Å²) in [7, 11) is 0. The lowest BCUT2D eigenvalue weighted by Crippen LogP contribution is -2.79. The molecule has 6 fully saturated rings. The van der Waals surface area contributed by atoms with E-state index in [0.717, 1.165) is 103 Å². The average molecular weight is 857 g/mol. The van der Waals surface area contributed by atoms with Crippen LogP contribution in [0.25, 0.3) is 0 Å². The van der Waals surface area contributed by atoms with Gasteiger partial charge in [-0.3, -0.25) is 56.8 Å². The van der Waals surface area contributed by atoms with Crippen molar-refractivity contribution < 1.29 is 56.8 Å². The Kier molecular flexibility index (Phi) is 19.5. The summed E-state index contributed by atoms with van der Waals surface area (Å²) in [6.07, 6.45) is 23.3. The highest BCUT2D eigenvalue weighted by atomic mass is 17.2. The minimum atomic E-state index is -1.85. The molecule has 0 aromatic carbocycles. The standard InChI is InChI=1S/C48H88O12/c1-9-17-25-33-41-49-42(34-26-18-10-2)52-45(37-29-21-13-5)54-43(50-41,35-27-19-11-3)56-47(39-31-23-15-7)57-44(51-41,36-28-20-12-4)55-46(53-42,38-30-22-14-6)59-48(58-45,60-47)40-32-24-16-8/h9-40H2,1-8H3. The lowest BCUT2D eigenvalue weighted by atomic mass is 10.1. The van der Waals surface area contributed by atoms with Crippen LogP contribution in [0.5, 0.6) is 0 Å². The van der Waals surface area contributed by atoms with E-state index in [0.29, 0.717) is 103 Å². The van der Waals surface area contributed by atoms with Gasteiger partial charge in [-0.25, -0.2) is 0 Å². The van der Waals surface area contributed by atoms with Crippen LogP contribution >= 0.6 is 0 Å². The summed E-state index contributed by atoms with van der Waals surface area (Å²) in [6, 6.07) is 0. The van der Waals surface area contributed by atoms with Crippen LogP contribution in [0.4, 0.5) is 0 Å². The van der Waals surface area contributed by atoms with E-state index in [1.165, 1.54) is 0 Å². The van der Waals surface area contributed by atoms with Crippen molar-refractivity contribution in [1.29, 1.82) is 0 Å². The molecular weight excluding hydrogens is 769 g/mol. The van der Waals surface area contributed by atoms with Gasteiger partial charge in [-0.2, -0.15) is 0 Å². The molecule has 6 saturated heterocycles. The van der Waals surface area contributed by atoms with Gasteiger partial charge in [0.2, 0.25) is 0 Å². The molecule has 0 N–H and O–H groups in total. The van der Waals surface area contributed by atoms with Gasteiger partial charge in [-0.15, -0.1) is 0 Å². The molecule has 6 aliphatic heterocycles. The Morgan fingerprint density at radius 3 is 0.350 bits per heavy atom. The molecule has 6 aliphatic rings. The maximum Gasteiger partial charge on any atom is 0.295 e. The van der Waals surface area contributed by atoms with Crippen molar-refractivity contribution in [1.82, 2.24) is 0 Å². The molecule has 0 radical (unpaired) electrons. The van der Waals surface area contributed by atoms with Crippen LogP contribution in [0.15, 0.2) is 0 Å². The summed E-state index contributed by atoms with van der Waals surface area (Å²) in [5, 5.41) is 0. The van der Waals surface area contributed by atoms with Gasteiger partial charge in [0, 0.05) is 51.4 Å². The lowest BCUT2D eigenvalue weighted by molar-refractivity contribution is -0.793. The molecule has 8 bridgehead atoms. The second-order valence-corrected chi connectivity index (χ2v) is 18.3. The molecule has 6 heterocycles. The number of unbranched alkanes of at least 4 members (excludes halogenated alkanes) is 16. The zero-order valence-corrected chi connectivity index (χ0v) is 39.5. The molecule has 12 nitrogen and oxygen atoms in total. The molecule has 0 atom stereocenters. The highest BCUT2D eigenvalue weighted by Gasteiger charge is 2.76. The SMILES string of the molecule is CCCCCC12OC3(CCCCC)OC4(CCCCC)OC(CCCCC)(O1)OC1(CCCCC)OC(CCCCC)(O2)OC(CCCCC)(O3)OC(CCCCC)(O4)O1. The minimum Gasteiger partial charge on any atom is -0.269 e. The molecule has 0 spiro atoms. The molecule has 60 heavy (non-hydrogen) atoms. The maximum atomic E-state index is 7.50. The normalized spacial score (nSPS) is 37.2. The zero-order chi connectivity index (χ0) is 43.1. The molecule has 0 aromatic rings. The van der Waals surface area contributed by atoms with E-state index in [-0.39, 0.29) is 0 Å². The monoisotopic (exact) mass is 857 g/mol. The predicted octanol–water partition coefficient (Wildman–Crippen LogP) is 14.1. The molecule has 0 unspecified atom stereocenters. The summed E-state index contributed by atoms with van der Waals surface area (Å²) in [5.74, 6) is -14.8. The first-order valence-electron chi connectivity index (χ1n) is 25.4. The predicted molar refractivity (Wildman–Crippen MR) is 228 cm³/mol. The topological polar surface area (TPSA) is 111 Å². The first-order chi connectivity index (χ1) is 29.0. The van der Waals surface area contributed by atoms with Gasteiger partial charge in [0.05, 0.1) is 0 Å². The van der Waals surface area contributed by atoms with E-state index >= 15 is 0 Å². The third-order valence-electron chi connectivity index (χ3n) is 12.4. The number of ether oxygens (including phenoxy) is 12. The van der Waals surface area contributed by atoms with E-state index in [1.807, 2.05) is 0 Å². The van der Waals surface area contributed by atoms with Crippen molar-refractivity contribution in [3.63, 3.8) is 0 Å². The smallest absolute Gasteiger partial charge is 0.269 e. The minimum absolute atomic E-state index is 0.311. The van der Waals surface area contributed by atoms with E-state index in [9.17, 15) is 0 Å². The van der Waals surface area contributed by atoms with Crippen LogP contribution in [0.3, 0.4) is 0 Å². The summed E-state index contributed by atoms with van der Waals surface area (Å²) in [5.41, 5.74) is 0. The Labute approximate surface area is 364 Å². The fourth-order valence-electron chi connectivity index (χ4n) is 9.30. The second-order valence-electron chi connectivity index (χ2n) is 18.3. The van der Waals surface area contributed by atoms with Crippen molar-refractivity contribution in [2.45, 2.75) is 309 Å². The molecule has 0 aromatic heterocycles. The third kappa shape index (κ3) is 12.9. The molecule has 12 heteroatoms. The van der Waals surface area contributed by atoms with Gasteiger partial charge in [0.15, 0.2) is 0 Å². The van der Waals surface area contributed by atoms with Crippen molar-refractivity contribution in [2.24, 2.45) is 0 Å². The van der Waals surface area contributed by atoms with Gasteiger partial charge in [-0.1, -0.05) is 158 Å². The molecule has 0 saturated carbocycles. The Hall–Kier alpha value is -0.480. The van der Waals surface area contributed by atoms with Crippen LogP contribution < -0.4 is 0 Å². The number of rotatable bonds is 32. The summed E-state index contributed by atoms with van der Waals surface area (Å²) in [4.78, 5) is 0. The average Bonchev–Trinajstić information content (AvgIpc) is 3.16. The zero-order valence-electron chi connectivity index (χ0n) is 39.5. The Morgan fingerprint density at radius 1 is 0.167 bits per heavy atom. The van der Waals surface area contributed by atoms with Gasteiger partial charge in [0.25, 0.3) is 47.8 Å². The Morgan fingerprint density at radius 2 is 0.267 bits per heavy atom. The van der Waals surface area contributed by atoms with Gasteiger partial charge >= 0.3 is 0 Å². The molecule has 0 amide bonds. The highest BCUT2D eigenvalue weighted by Crippen LogP contribution is 2.61. The van der Waals surface area contributed by atoms with Gasteiger partial charge < -0.3 is 0 Å². The molecular formula is C48H88O12. The van der Waals surface area contributed by atoms with E-state index < -0.39 is 47.8 Å². The van der Waals surface area contributed by atoms with Crippen LogP contribution in [0, 0.1) is 0 Å².